The number of hydrogen-bond donors (Lipinski definition) is 2. The maximum absolute atomic E-state index is 12.2. The summed E-state index contributed by atoms with van der Waals surface area (Å²) in [6, 6.07) is 3.96. The molecular formula is C14H19NO5. The van der Waals surface area contributed by atoms with E-state index in [2.05, 4.69) is 0 Å². The largest absolute Gasteiger partial charge is 0.508 e. The zero-order chi connectivity index (χ0) is 14.7. The number of carbonyl (C=O) groups is 1. The molecule has 1 aliphatic heterocycles. The van der Waals surface area contributed by atoms with Gasteiger partial charge in [0.1, 0.15) is 11.5 Å². The molecule has 2 atom stereocenters. The molecule has 0 aromatic heterocycles. The Bertz CT molecular complexity index is 478. The third-order valence-corrected chi connectivity index (χ3v) is 3.55. The summed E-state index contributed by atoms with van der Waals surface area (Å²) < 4.78 is 10.6. The molecule has 0 bridgehead atoms. The third kappa shape index (κ3) is 3.09. The summed E-state index contributed by atoms with van der Waals surface area (Å²) in [6.45, 7) is 1.40. The first-order valence-corrected chi connectivity index (χ1v) is 6.38. The van der Waals surface area contributed by atoms with Crippen LogP contribution in [0.15, 0.2) is 18.2 Å². The standard InChI is InChI=1S/C14H19NO5/c1-19-13-7-15(8-14(13)20-2)6-12(18)10-4-3-9(16)5-11(10)17/h3-5,13-14,16-17H,6-8H2,1-2H3. The molecule has 1 heterocycles. The second-order valence-electron chi connectivity index (χ2n) is 4.87. The van der Waals surface area contributed by atoms with Gasteiger partial charge in [-0.1, -0.05) is 0 Å². The molecule has 1 aliphatic rings. The first kappa shape index (κ1) is 14.8. The van der Waals surface area contributed by atoms with E-state index in [0.717, 1.165) is 6.07 Å². The van der Waals surface area contributed by atoms with Gasteiger partial charge in [0.25, 0.3) is 0 Å². The summed E-state index contributed by atoms with van der Waals surface area (Å²) in [7, 11) is 3.24. The highest BCUT2D eigenvalue weighted by Gasteiger charge is 2.34. The highest BCUT2D eigenvalue weighted by Crippen LogP contribution is 2.24. The van der Waals surface area contributed by atoms with Crippen LogP contribution in [-0.4, -0.2) is 67.0 Å². The number of rotatable bonds is 5. The summed E-state index contributed by atoms with van der Waals surface area (Å²) in [5, 5.41) is 18.9. The van der Waals surface area contributed by atoms with Crippen LogP contribution in [0, 0.1) is 0 Å². The zero-order valence-electron chi connectivity index (χ0n) is 11.6. The summed E-state index contributed by atoms with van der Waals surface area (Å²) in [5.74, 6) is -0.478. The lowest BCUT2D eigenvalue weighted by atomic mass is 10.1. The number of benzene rings is 1. The first-order valence-electron chi connectivity index (χ1n) is 6.38. The van der Waals surface area contributed by atoms with Crippen LogP contribution < -0.4 is 0 Å². The van der Waals surface area contributed by atoms with Crippen molar-refractivity contribution < 1.29 is 24.5 Å². The number of hydrogen-bond acceptors (Lipinski definition) is 6. The molecule has 1 aromatic rings. The van der Waals surface area contributed by atoms with Crippen molar-refractivity contribution in [2.75, 3.05) is 33.9 Å². The van der Waals surface area contributed by atoms with E-state index in [1.807, 2.05) is 4.90 Å². The van der Waals surface area contributed by atoms with Crippen LogP contribution in [0.3, 0.4) is 0 Å². The van der Waals surface area contributed by atoms with Gasteiger partial charge in [0.05, 0.1) is 24.3 Å². The molecule has 20 heavy (non-hydrogen) atoms. The summed E-state index contributed by atoms with van der Waals surface area (Å²) >= 11 is 0. The topological polar surface area (TPSA) is 79.2 Å². The third-order valence-electron chi connectivity index (χ3n) is 3.55. The minimum absolute atomic E-state index is 0.0544. The van der Waals surface area contributed by atoms with Gasteiger partial charge in [0.2, 0.25) is 0 Å². The fraction of sp³-hybridized carbons (Fsp3) is 0.500. The lowest BCUT2D eigenvalue weighted by molar-refractivity contribution is -0.00461. The maximum atomic E-state index is 12.2. The Kier molecular flexibility index (Phi) is 4.59. The molecule has 0 spiro atoms. The SMILES string of the molecule is COC1CN(CC(=O)c2ccc(O)cc2O)CC1OC. The van der Waals surface area contributed by atoms with Crippen molar-refractivity contribution >= 4 is 5.78 Å². The number of ether oxygens (including phenoxy) is 2. The van der Waals surface area contributed by atoms with E-state index in [0.29, 0.717) is 13.1 Å². The fourth-order valence-corrected chi connectivity index (χ4v) is 2.44. The Morgan fingerprint density at radius 2 is 1.85 bits per heavy atom. The highest BCUT2D eigenvalue weighted by atomic mass is 16.5. The Hall–Kier alpha value is -1.63. The smallest absolute Gasteiger partial charge is 0.180 e. The van der Waals surface area contributed by atoms with Crippen molar-refractivity contribution in [1.82, 2.24) is 4.90 Å². The number of ketones is 1. The Labute approximate surface area is 117 Å². The Balaban J connectivity index is 2.02. The molecule has 1 aromatic carbocycles. The zero-order valence-corrected chi connectivity index (χ0v) is 11.6. The molecule has 0 aliphatic carbocycles. The van der Waals surface area contributed by atoms with E-state index in [4.69, 9.17) is 9.47 Å². The van der Waals surface area contributed by atoms with Crippen molar-refractivity contribution in [2.24, 2.45) is 0 Å². The molecule has 1 fully saturated rings. The van der Waals surface area contributed by atoms with Gasteiger partial charge < -0.3 is 19.7 Å². The molecule has 6 nitrogen and oxygen atoms in total. The van der Waals surface area contributed by atoms with E-state index < -0.39 is 0 Å². The van der Waals surface area contributed by atoms with E-state index in [-0.39, 0.29) is 41.6 Å². The molecule has 2 rings (SSSR count). The quantitative estimate of drug-likeness (QED) is 0.771. The van der Waals surface area contributed by atoms with Crippen LogP contribution in [0.25, 0.3) is 0 Å². The molecule has 1 saturated heterocycles. The summed E-state index contributed by atoms with van der Waals surface area (Å²) in [4.78, 5) is 14.1. The Morgan fingerprint density at radius 3 is 2.35 bits per heavy atom. The number of methoxy groups -OCH3 is 2. The number of likely N-dealkylation sites (tertiary alicyclic amines) is 1. The lowest BCUT2D eigenvalue weighted by Crippen LogP contribution is -2.29. The van der Waals surface area contributed by atoms with Crippen molar-refractivity contribution in [3.05, 3.63) is 23.8 Å². The molecule has 2 unspecified atom stereocenters. The van der Waals surface area contributed by atoms with Crippen LogP contribution in [0.1, 0.15) is 10.4 Å². The molecule has 0 amide bonds. The number of carbonyl (C=O) groups excluding carboxylic acids is 1. The van der Waals surface area contributed by atoms with Crippen molar-refractivity contribution in [1.29, 1.82) is 0 Å². The second kappa shape index (κ2) is 6.21. The Morgan fingerprint density at radius 1 is 1.25 bits per heavy atom. The number of nitrogens with zero attached hydrogens (tertiary/aromatic N) is 1. The van der Waals surface area contributed by atoms with Crippen molar-refractivity contribution in [2.45, 2.75) is 12.2 Å². The van der Waals surface area contributed by atoms with Crippen molar-refractivity contribution in [3.63, 3.8) is 0 Å². The van der Waals surface area contributed by atoms with E-state index >= 15 is 0 Å². The van der Waals surface area contributed by atoms with Crippen LogP contribution >= 0.6 is 0 Å². The summed E-state index contributed by atoms with van der Waals surface area (Å²) in [6.07, 6.45) is -0.109. The van der Waals surface area contributed by atoms with Gasteiger partial charge in [-0.15, -0.1) is 0 Å². The number of aromatic hydroxyl groups is 2. The van der Waals surface area contributed by atoms with Gasteiger partial charge in [0.15, 0.2) is 5.78 Å². The van der Waals surface area contributed by atoms with Crippen LogP contribution in [0.2, 0.25) is 0 Å². The second-order valence-corrected chi connectivity index (χ2v) is 4.87. The first-order chi connectivity index (χ1) is 9.55. The fourth-order valence-electron chi connectivity index (χ4n) is 2.44. The average Bonchev–Trinajstić information content (AvgIpc) is 2.80. The van der Waals surface area contributed by atoms with Gasteiger partial charge >= 0.3 is 0 Å². The lowest BCUT2D eigenvalue weighted by Gasteiger charge is -2.14. The molecule has 0 saturated carbocycles. The number of phenols is 2. The highest BCUT2D eigenvalue weighted by molar-refractivity contribution is 6.00. The molecular weight excluding hydrogens is 262 g/mol. The summed E-state index contributed by atoms with van der Waals surface area (Å²) in [5.41, 5.74) is 0.206. The van der Waals surface area contributed by atoms with Gasteiger partial charge in [-0.3, -0.25) is 9.69 Å². The predicted molar refractivity (Wildman–Crippen MR) is 72.1 cm³/mol. The average molecular weight is 281 g/mol. The van der Waals surface area contributed by atoms with E-state index in [9.17, 15) is 15.0 Å². The minimum Gasteiger partial charge on any atom is -0.508 e. The van der Waals surface area contributed by atoms with Gasteiger partial charge in [0, 0.05) is 33.4 Å². The minimum atomic E-state index is -0.208. The molecule has 0 radical (unpaired) electrons. The monoisotopic (exact) mass is 281 g/mol. The van der Waals surface area contributed by atoms with Crippen molar-refractivity contribution in [3.8, 4) is 11.5 Å². The number of phenolic OH excluding ortho intramolecular Hbond substituents is 2. The maximum Gasteiger partial charge on any atom is 0.180 e. The molecule has 110 valence electrons. The number of Topliss-reactive ketones (excluding diaryl/α,β-unsaturated/α-hetero) is 1. The van der Waals surface area contributed by atoms with Gasteiger partial charge in [-0.05, 0) is 12.1 Å². The van der Waals surface area contributed by atoms with Crippen LogP contribution in [-0.2, 0) is 9.47 Å². The molecule has 2 N–H and O–H groups in total. The van der Waals surface area contributed by atoms with E-state index in [1.54, 1.807) is 14.2 Å². The molecule has 6 heteroatoms. The van der Waals surface area contributed by atoms with Gasteiger partial charge in [-0.2, -0.15) is 0 Å². The van der Waals surface area contributed by atoms with Gasteiger partial charge in [-0.25, -0.2) is 0 Å². The van der Waals surface area contributed by atoms with Crippen LogP contribution in [0.5, 0.6) is 11.5 Å². The van der Waals surface area contributed by atoms with Crippen LogP contribution in [0.4, 0.5) is 0 Å². The van der Waals surface area contributed by atoms with E-state index in [1.165, 1.54) is 12.1 Å². The predicted octanol–water partition coefficient (Wildman–Crippen LogP) is 0.626. The normalized spacial score (nSPS) is 23.1.